The maximum atomic E-state index is 12.8. The van der Waals surface area contributed by atoms with Crippen molar-refractivity contribution in [2.45, 2.75) is 13.0 Å². The molecule has 0 unspecified atom stereocenters. The van der Waals surface area contributed by atoms with Gasteiger partial charge in [-0.25, -0.2) is 4.98 Å². The van der Waals surface area contributed by atoms with Crippen molar-refractivity contribution in [3.05, 3.63) is 69.4 Å². The van der Waals surface area contributed by atoms with Gasteiger partial charge < -0.3 is 9.72 Å². The van der Waals surface area contributed by atoms with E-state index in [2.05, 4.69) is 9.88 Å². The maximum absolute atomic E-state index is 12.8. The molecular weight excluding hydrogens is 390 g/mol. The lowest BCUT2D eigenvalue weighted by Gasteiger charge is -2.23. The van der Waals surface area contributed by atoms with Crippen molar-refractivity contribution in [2.24, 2.45) is 0 Å². The normalized spacial score (nSPS) is 12.5. The van der Waals surface area contributed by atoms with E-state index in [9.17, 15) is 4.79 Å². The molecule has 3 aromatic heterocycles. The summed E-state index contributed by atoms with van der Waals surface area (Å²) in [5.41, 5.74) is 0.887. The molecular formula is C21H21N3O2S2. The van der Waals surface area contributed by atoms with Gasteiger partial charge >= 0.3 is 0 Å². The number of H-pyrrole nitrogens is 1. The summed E-state index contributed by atoms with van der Waals surface area (Å²) in [6, 6.07) is 13.8. The molecule has 0 aliphatic carbocycles. The van der Waals surface area contributed by atoms with Crippen molar-refractivity contribution >= 4 is 32.9 Å². The van der Waals surface area contributed by atoms with E-state index in [1.54, 1.807) is 11.3 Å². The first-order valence-corrected chi connectivity index (χ1v) is 10.8. The van der Waals surface area contributed by atoms with Crippen molar-refractivity contribution in [3.63, 3.8) is 0 Å². The van der Waals surface area contributed by atoms with Crippen LogP contribution in [0.1, 0.15) is 18.8 Å². The summed E-state index contributed by atoms with van der Waals surface area (Å²) in [4.78, 5) is 24.5. The number of fused-ring (bicyclic) bond motifs is 1. The Bertz CT molecular complexity index is 1100. The van der Waals surface area contributed by atoms with Gasteiger partial charge in [-0.1, -0.05) is 24.3 Å². The predicted octanol–water partition coefficient (Wildman–Crippen LogP) is 4.78. The second-order valence-corrected chi connectivity index (χ2v) is 8.38. The lowest BCUT2D eigenvalue weighted by atomic mass is 10.2. The quantitative estimate of drug-likeness (QED) is 0.475. The molecule has 3 heterocycles. The topological polar surface area (TPSA) is 58.2 Å². The number of thiophene rings is 2. The average Bonchev–Trinajstić information content (AvgIpc) is 3.37. The Kier molecular flexibility index (Phi) is 5.57. The second-order valence-electron chi connectivity index (χ2n) is 6.58. The maximum Gasteiger partial charge on any atom is 0.260 e. The van der Waals surface area contributed by atoms with E-state index in [4.69, 9.17) is 9.72 Å². The van der Waals surface area contributed by atoms with Crippen LogP contribution in [0.3, 0.4) is 0 Å². The molecule has 5 nitrogen and oxygen atoms in total. The molecule has 4 aromatic rings. The van der Waals surface area contributed by atoms with Crippen molar-refractivity contribution in [1.82, 2.24) is 14.9 Å². The largest absolute Gasteiger partial charge is 0.492 e. The first-order chi connectivity index (χ1) is 13.6. The van der Waals surface area contributed by atoms with Gasteiger partial charge in [0.15, 0.2) is 0 Å². The van der Waals surface area contributed by atoms with Crippen LogP contribution in [0, 0.1) is 0 Å². The number of para-hydroxylation sites is 1. The third-order valence-corrected chi connectivity index (χ3v) is 6.54. The zero-order chi connectivity index (χ0) is 19.5. The van der Waals surface area contributed by atoms with Gasteiger partial charge in [0.05, 0.1) is 11.4 Å². The Balaban J connectivity index is 1.49. The molecule has 1 aromatic carbocycles. The third-order valence-electron chi connectivity index (χ3n) is 4.76. The first kappa shape index (κ1) is 18.9. The van der Waals surface area contributed by atoms with Gasteiger partial charge in [-0.15, -0.1) is 22.7 Å². The molecule has 1 N–H and O–H groups in total. The van der Waals surface area contributed by atoms with Crippen LogP contribution in [-0.2, 0) is 0 Å². The fourth-order valence-corrected chi connectivity index (χ4v) is 4.77. The SMILES string of the molecule is C[C@H](c1nc2scc(-c3cccs3)c2c(=O)[nH]1)N(C)CCOc1ccccc1. The van der Waals surface area contributed by atoms with Gasteiger partial charge in [0.25, 0.3) is 5.56 Å². The fraction of sp³-hybridized carbons (Fsp3) is 0.238. The van der Waals surface area contributed by atoms with E-state index < -0.39 is 0 Å². The summed E-state index contributed by atoms with van der Waals surface area (Å²) in [6.45, 7) is 3.34. The molecule has 0 radical (unpaired) electrons. The van der Waals surface area contributed by atoms with Gasteiger partial charge in [0, 0.05) is 22.4 Å². The highest BCUT2D eigenvalue weighted by Crippen LogP contribution is 2.33. The molecule has 0 saturated heterocycles. The van der Waals surface area contributed by atoms with Crippen molar-refractivity contribution in [2.75, 3.05) is 20.2 Å². The highest BCUT2D eigenvalue weighted by molar-refractivity contribution is 7.18. The lowest BCUT2D eigenvalue weighted by molar-refractivity contribution is 0.196. The smallest absolute Gasteiger partial charge is 0.260 e. The Morgan fingerprint density at radius 3 is 2.75 bits per heavy atom. The molecule has 1 atom stereocenters. The zero-order valence-corrected chi connectivity index (χ0v) is 17.3. The Hall–Kier alpha value is -2.48. The van der Waals surface area contributed by atoms with Crippen LogP contribution < -0.4 is 10.3 Å². The van der Waals surface area contributed by atoms with Crippen LogP contribution >= 0.6 is 22.7 Å². The molecule has 7 heteroatoms. The summed E-state index contributed by atoms with van der Waals surface area (Å²) in [6.07, 6.45) is 0. The number of hydrogen-bond acceptors (Lipinski definition) is 6. The van der Waals surface area contributed by atoms with Crippen LogP contribution in [0.4, 0.5) is 0 Å². The number of nitrogens with one attached hydrogen (secondary N) is 1. The molecule has 4 rings (SSSR count). The molecule has 0 aliphatic heterocycles. The van der Waals surface area contributed by atoms with E-state index >= 15 is 0 Å². The van der Waals surface area contributed by atoms with Gasteiger partial charge in [0.2, 0.25) is 0 Å². The van der Waals surface area contributed by atoms with Gasteiger partial charge in [0.1, 0.15) is 23.0 Å². The van der Waals surface area contributed by atoms with Gasteiger partial charge in [-0.05, 0) is 37.6 Å². The number of aromatic nitrogens is 2. The molecule has 28 heavy (non-hydrogen) atoms. The average molecular weight is 412 g/mol. The highest BCUT2D eigenvalue weighted by atomic mass is 32.1. The molecule has 0 spiro atoms. The first-order valence-electron chi connectivity index (χ1n) is 9.07. The van der Waals surface area contributed by atoms with Crippen molar-refractivity contribution in [1.29, 1.82) is 0 Å². The van der Waals surface area contributed by atoms with Crippen LogP contribution in [0.2, 0.25) is 0 Å². The third kappa shape index (κ3) is 3.87. The number of likely N-dealkylation sites (N-methyl/N-ethyl adjacent to an activating group) is 1. The number of nitrogens with zero attached hydrogens (tertiary/aromatic N) is 2. The number of hydrogen-bond donors (Lipinski definition) is 1. The lowest BCUT2D eigenvalue weighted by Crippen LogP contribution is -2.29. The number of aromatic amines is 1. The fourth-order valence-electron chi connectivity index (χ4n) is 3.00. The van der Waals surface area contributed by atoms with Crippen LogP contribution in [0.5, 0.6) is 5.75 Å². The molecule has 144 valence electrons. The molecule has 0 saturated carbocycles. The summed E-state index contributed by atoms with van der Waals surface area (Å²) in [7, 11) is 2.01. The second kappa shape index (κ2) is 8.26. The Morgan fingerprint density at radius 2 is 2.00 bits per heavy atom. The molecule has 0 bridgehead atoms. The standard InChI is InChI=1S/C21H21N3O2S2/c1-14(24(2)10-11-26-15-7-4-3-5-8-15)19-22-20(25)18-16(13-28-21(18)23-19)17-9-6-12-27-17/h3-9,12-14H,10-11H2,1-2H3,(H,22,23,25)/t14-/m1/s1. The minimum Gasteiger partial charge on any atom is -0.492 e. The summed E-state index contributed by atoms with van der Waals surface area (Å²) in [5.74, 6) is 1.54. The molecule has 0 aliphatic rings. The number of ether oxygens (including phenoxy) is 1. The van der Waals surface area contributed by atoms with E-state index in [1.165, 1.54) is 11.3 Å². The molecule has 0 amide bonds. The van der Waals surface area contributed by atoms with Crippen molar-refractivity contribution in [3.8, 4) is 16.2 Å². The monoisotopic (exact) mass is 411 g/mol. The van der Waals surface area contributed by atoms with E-state index in [1.807, 2.05) is 67.2 Å². The van der Waals surface area contributed by atoms with Crippen LogP contribution in [0.25, 0.3) is 20.7 Å². The van der Waals surface area contributed by atoms with E-state index in [0.29, 0.717) is 17.8 Å². The Labute approximate surface area is 171 Å². The molecule has 0 fully saturated rings. The number of benzene rings is 1. The minimum atomic E-state index is -0.0783. The van der Waals surface area contributed by atoms with Gasteiger partial charge in [-0.2, -0.15) is 0 Å². The zero-order valence-electron chi connectivity index (χ0n) is 15.7. The van der Waals surface area contributed by atoms with Crippen LogP contribution in [-0.4, -0.2) is 35.1 Å². The minimum absolute atomic E-state index is 0.0243. The highest BCUT2D eigenvalue weighted by Gasteiger charge is 2.18. The predicted molar refractivity (Wildman–Crippen MR) is 117 cm³/mol. The van der Waals surface area contributed by atoms with E-state index in [0.717, 1.165) is 27.6 Å². The van der Waals surface area contributed by atoms with Gasteiger partial charge in [-0.3, -0.25) is 9.69 Å². The van der Waals surface area contributed by atoms with Crippen LogP contribution in [0.15, 0.2) is 58.0 Å². The number of rotatable bonds is 7. The Morgan fingerprint density at radius 1 is 1.18 bits per heavy atom. The van der Waals surface area contributed by atoms with Crippen molar-refractivity contribution < 1.29 is 4.74 Å². The summed E-state index contributed by atoms with van der Waals surface area (Å²) in [5, 5.41) is 4.71. The summed E-state index contributed by atoms with van der Waals surface area (Å²) >= 11 is 3.15. The summed E-state index contributed by atoms with van der Waals surface area (Å²) < 4.78 is 5.77. The van der Waals surface area contributed by atoms with E-state index in [-0.39, 0.29) is 11.6 Å².